The number of rotatable bonds is 6. The maximum absolute atomic E-state index is 12.2. The van der Waals surface area contributed by atoms with Crippen LogP contribution in [0, 0.1) is 0 Å². The predicted octanol–water partition coefficient (Wildman–Crippen LogP) is 2.38. The van der Waals surface area contributed by atoms with Gasteiger partial charge >= 0.3 is 12.0 Å². The van der Waals surface area contributed by atoms with Crippen molar-refractivity contribution in [3.63, 3.8) is 0 Å². The number of nitrogens with zero attached hydrogens (tertiary/aromatic N) is 1. The molecule has 1 aromatic rings. The van der Waals surface area contributed by atoms with Crippen LogP contribution >= 0.6 is 11.8 Å². The fraction of sp³-hybridized carbons (Fsp3) is 0.333. The molecule has 2 amide bonds. The summed E-state index contributed by atoms with van der Waals surface area (Å²) in [5, 5.41) is 11.9. The molecular formula is C15H18N2O3S. The SMILES string of the molecule is C=CCSCCNC(=O)N1CCc2ccc(C(=O)O)cc21. The summed E-state index contributed by atoms with van der Waals surface area (Å²) in [6.45, 7) is 4.81. The van der Waals surface area contributed by atoms with Crippen molar-refractivity contribution in [3.8, 4) is 0 Å². The first-order chi connectivity index (χ1) is 10.1. The Kier molecular flexibility index (Phi) is 5.27. The van der Waals surface area contributed by atoms with Gasteiger partial charge in [-0.25, -0.2) is 9.59 Å². The van der Waals surface area contributed by atoms with Gasteiger partial charge in [-0.15, -0.1) is 6.58 Å². The quantitative estimate of drug-likeness (QED) is 0.625. The van der Waals surface area contributed by atoms with E-state index in [-0.39, 0.29) is 11.6 Å². The second kappa shape index (κ2) is 7.17. The van der Waals surface area contributed by atoms with Gasteiger partial charge in [0, 0.05) is 30.3 Å². The summed E-state index contributed by atoms with van der Waals surface area (Å²) < 4.78 is 0. The molecule has 0 aromatic heterocycles. The Balaban J connectivity index is 1.97. The first-order valence-electron chi connectivity index (χ1n) is 6.73. The van der Waals surface area contributed by atoms with Gasteiger partial charge in [0.2, 0.25) is 0 Å². The molecule has 1 heterocycles. The lowest BCUT2D eigenvalue weighted by molar-refractivity contribution is 0.0697. The van der Waals surface area contributed by atoms with Gasteiger partial charge in [0.25, 0.3) is 0 Å². The van der Waals surface area contributed by atoms with Crippen LogP contribution in [0.4, 0.5) is 10.5 Å². The highest BCUT2D eigenvalue weighted by molar-refractivity contribution is 7.99. The number of nitrogens with one attached hydrogen (secondary N) is 1. The summed E-state index contributed by atoms with van der Waals surface area (Å²) in [5.41, 5.74) is 1.91. The van der Waals surface area contributed by atoms with Crippen molar-refractivity contribution in [2.24, 2.45) is 0 Å². The Morgan fingerprint density at radius 3 is 3.00 bits per heavy atom. The average molecular weight is 306 g/mol. The van der Waals surface area contributed by atoms with E-state index in [1.54, 1.807) is 34.9 Å². The zero-order valence-corrected chi connectivity index (χ0v) is 12.5. The van der Waals surface area contributed by atoms with Crippen LogP contribution in [0.15, 0.2) is 30.9 Å². The van der Waals surface area contributed by atoms with Crippen molar-refractivity contribution in [1.82, 2.24) is 5.32 Å². The van der Waals surface area contributed by atoms with Crippen molar-refractivity contribution in [2.45, 2.75) is 6.42 Å². The Labute approximate surface area is 128 Å². The zero-order chi connectivity index (χ0) is 15.2. The summed E-state index contributed by atoms with van der Waals surface area (Å²) in [6.07, 6.45) is 2.59. The second-order valence-corrected chi connectivity index (χ2v) is 5.80. The molecule has 0 bridgehead atoms. The van der Waals surface area contributed by atoms with Crippen LogP contribution in [0.1, 0.15) is 15.9 Å². The van der Waals surface area contributed by atoms with Crippen molar-refractivity contribution in [2.75, 3.05) is 29.5 Å². The van der Waals surface area contributed by atoms with Crippen LogP contribution in [0.25, 0.3) is 0 Å². The number of carboxylic acids is 1. The fourth-order valence-electron chi connectivity index (χ4n) is 2.22. The summed E-state index contributed by atoms with van der Waals surface area (Å²) in [4.78, 5) is 24.8. The minimum absolute atomic E-state index is 0.171. The molecule has 0 fully saturated rings. The smallest absolute Gasteiger partial charge is 0.335 e. The highest BCUT2D eigenvalue weighted by atomic mass is 32.2. The maximum Gasteiger partial charge on any atom is 0.335 e. The minimum Gasteiger partial charge on any atom is -0.478 e. The average Bonchev–Trinajstić information content (AvgIpc) is 2.89. The van der Waals surface area contributed by atoms with Crippen LogP contribution in [-0.4, -0.2) is 41.7 Å². The molecule has 21 heavy (non-hydrogen) atoms. The molecule has 0 radical (unpaired) electrons. The molecule has 0 saturated carbocycles. The van der Waals surface area contributed by atoms with E-state index in [1.165, 1.54) is 0 Å². The zero-order valence-electron chi connectivity index (χ0n) is 11.7. The first kappa shape index (κ1) is 15.4. The van der Waals surface area contributed by atoms with E-state index in [0.717, 1.165) is 23.5 Å². The Morgan fingerprint density at radius 2 is 2.29 bits per heavy atom. The lowest BCUT2D eigenvalue weighted by Gasteiger charge is -2.18. The van der Waals surface area contributed by atoms with Crippen molar-refractivity contribution < 1.29 is 14.7 Å². The molecule has 0 aliphatic carbocycles. The normalized spacial score (nSPS) is 12.9. The Morgan fingerprint density at radius 1 is 1.48 bits per heavy atom. The predicted molar refractivity (Wildman–Crippen MR) is 85.4 cm³/mol. The van der Waals surface area contributed by atoms with Crippen LogP contribution in [0.2, 0.25) is 0 Å². The van der Waals surface area contributed by atoms with Gasteiger partial charge in [-0.3, -0.25) is 4.90 Å². The van der Waals surface area contributed by atoms with Crippen LogP contribution in [0.5, 0.6) is 0 Å². The summed E-state index contributed by atoms with van der Waals surface area (Å²) in [6, 6.07) is 4.76. The molecule has 2 rings (SSSR count). The molecule has 112 valence electrons. The topological polar surface area (TPSA) is 69.6 Å². The van der Waals surface area contributed by atoms with Crippen molar-refractivity contribution in [1.29, 1.82) is 0 Å². The highest BCUT2D eigenvalue weighted by Gasteiger charge is 2.25. The number of carbonyl (C=O) groups excluding carboxylic acids is 1. The number of aromatic carboxylic acids is 1. The third-order valence-corrected chi connectivity index (χ3v) is 4.20. The van der Waals surface area contributed by atoms with E-state index >= 15 is 0 Å². The minimum atomic E-state index is -0.981. The van der Waals surface area contributed by atoms with Gasteiger partial charge in [-0.1, -0.05) is 12.1 Å². The fourth-order valence-corrected chi connectivity index (χ4v) is 2.80. The number of fused-ring (bicyclic) bond motifs is 1. The van der Waals surface area contributed by atoms with Crippen LogP contribution in [-0.2, 0) is 6.42 Å². The lowest BCUT2D eigenvalue weighted by atomic mass is 10.1. The van der Waals surface area contributed by atoms with Crippen LogP contribution < -0.4 is 10.2 Å². The Bertz CT molecular complexity index is 560. The molecule has 1 aliphatic rings. The van der Waals surface area contributed by atoms with Crippen molar-refractivity contribution in [3.05, 3.63) is 42.0 Å². The van der Waals surface area contributed by atoms with E-state index in [9.17, 15) is 9.59 Å². The molecule has 6 heteroatoms. The van der Waals surface area contributed by atoms with Crippen LogP contribution in [0.3, 0.4) is 0 Å². The van der Waals surface area contributed by atoms with E-state index in [2.05, 4.69) is 11.9 Å². The molecule has 1 aromatic carbocycles. The van der Waals surface area contributed by atoms with Gasteiger partial charge in [-0.05, 0) is 24.1 Å². The van der Waals surface area contributed by atoms with E-state index in [1.807, 2.05) is 6.08 Å². The molecule has 0 unspecified atom stereocenters. The number of amides is 2. The molecule has 0 atom stereocenters. The molecular weight excluding hydrogens is 288 g/mol. The maximum atomic E-state index is 12.2. The number of hydrogen-bond donors (Lipinski definition) is 2. The monoisotopic (exact) mass is 306 g/mol. The van der Waals surface area contributed by atoms with Crippen molar-refractivity contribution >= 4 is 29.4 Å². The largest absolute Gasteiger partial charge is 0.478 e. The number of thioether (sulfide) groups is 1. The molecule has 2 N–H and O–H groups in total. The van der Waals surface area contributed by atoms with E-state index in [4.69, 9.17) is 5.11 Å². The van der Waals surface area contributed by atoms with Gasteiger partial charge in [0.05, 0.1) is 5.56 Å². The molecule has 5 nitrogen and oxygen atoms in total. The van der Waals surface area contributed by atoms with Gasteiger partial charge in [0.1, 0.15) is 0 Å². The number of carbonyl (C=O) groups is 2. The Hall–Kier alpha value is -1.95. The summed E-state index contributed by atoms with van der Waals surface area (Å²) >= 11 is 1.70. The number of carboxylic acid groups (broad SMARTS) is 1. The first-order valence-corrected chi connectivity index (χ1v) is 7.89. The number of urea groups is 1. The standard InChI is InChI=1S/C15H18N2O3S/c1-2-8-21-9-6-16-15(20)17-7-5-11-3-4-12(14(18)19)10-13(11)17/h2-4,10H,1,5-9H2,(H,16,20)(H,18,19). The summed E-state index contributed by atoms with van der Waals surface area (Å²) in [7, 11) is 0. The molecule has 0 spiro atoms. The molecule has 1 aliphatic heterocycles. The lowest BCUT2D eigenvalue weighted by Crippen LogP contribution is -2.40. The third kappa shape index (κ3) is 3.78. The number of hydrogen-bond acceptors (Lipinski definition) is 3. The second-order valence-electron chi connectivity index (χ2n) is 4.65. The number of anilines is 1. The highest BCUT2D eigenvalue weighted by Crippen LogP contribution is 2.29. The van der Waals surface area contributed by atoms with Gasteiger partial charge in [-0.2, -0.15) is 11.8 Å². The van der Waals surface area contributed by atoms with Gasteiger partial charge in [0.15, 0.2) is 0 Å². The van der Waals surface area contributed by atoms with E-state index < -0.39 is 5.97 Å². The van der Waals surface area contributed by atoms with Gasteiger partial charge < -0.3 is 10.4 Å². The van der Waals surface area contributed by atoms with E-state index in [0.29, 0.717) is 18.8 Å². The number of benzene rings is 1. The summed E-state index contributed by atoms with van der Waals surface area (Å²) in [5.74, 6) is 0.712. The third-order valence-electron chi connectivity index (χ3n) is 3.23. The molecule has 0 saturated heterocycles.